The van der Waals surface area contributed by atoms with Crippen LogP contribution in [0.15, 0.2) is 40.2 Å². The van der Waals surface area contributed by atoms with Gasteiger partial charge in [-0.15, -0.1) is 11.3 Å². The van der Waals surface area contributed by atoms with E-state index >= 15 is 0 Å². The summed E-state index contributed by atoms with van der Waals surface area (Å²) in [6, 6.07) is 10.7. The lowest BCUT2D eigenvalue weighted by atomic mass is 10.0. The molecule has 0 spiro atoms. The van der Waals surface area contributed by atoms with E-state index < -0.39 is 0 Å². The minimum atomic E-state index is 0.861. The molecule has 6 heteroatoms. The van der Waals surface area contributed by atoms with Gasteiger partial charge in [-0.25, -0.2) is 0 Å². The summed E-state index contributed by atoms with van der Waals surface area (Å²) in [7, 11) is 0. The van der Waals surface area contributed by atoms with Crippen molar-refractivity contribution in [3.05, 3.63) is 68.8 Å². The number of H-pyrrole nitrogens is 1. The van der Waals surface area contributed by atoms with Crippen molar-refractivity contribution >= 4 is 22.3 Å². The number of nitrogens with zero attached hydrogens (tertiary/aromatic N) is 3. The third-order valence-electron chi connectivity index (χ3n) is 5.14. The Kier molecular flexibility index (Phi) is 3.87. The summed E-state index contributed by atoms with van der Waals surface area (Å²) in [6.07, 6.45) is 1.95. The summed E-state index contributed by atoms with van der Waals surface area (Å²) in [5.74, 6) is 0. The number of rotatable bonds is 4. The monoisotopic (exact) mass is 364 g/mol. The Morgan fingerprint density at radius 1 is 1.31 bits per heavy atom. The van der Waals surface area contributed by atoms with Crippen LogP contribution in [0.25, 0.3) is 11.0 Å². The zero-order valence-electron chi connectivity index (χ0n) is 14.7. The summed E-state index contributed by atoms with van der Waals surface area (Å²) in [5.41, 5.74) is 6.99. The molecule has 1 aliphatic rings. The second-order valence-corrected chi connectivity index (χ2v) is 7.97. The number of benzene rings is 1. The van der Waals surface area contributed by atoms with Crippen LogP contribution in [0, 0.1) is 6.92 Å². The van der Waals surface area contributed by atoms with Gasteiger partial charge in [-0.1, -0.05) is 17.3 Å². The zero-order chi connectivity index (χ0) is 17.5. The molecule has 1 aromatic carbocycles. The van der Waals surface area contributed by atoms with Gasteiger partial charge in [0, 0.05) is 54.0 Å². The summed E-state index contributed by atoms with van der Waals surface area (Å²) >= 11 is 1.80. The van der Waals surface area contributed by atoms with Crippen LogP contribution in [0.2, 0.25) is 0 Å². The van der Waals surface area contributed by atoms with Gasteiger partial charge in [0.25, 0.3) is 0 Å². The van der Waals surface area contributed by atoms with Gasteiger partial charge in [0.2, 0.25) is 0 Å². The Balaban J connectivity index is 1.36. The van der Waals surface area contributed by atoms with Crippen LogP contribution >= 0.6 is 11.3 Å². The fraction of sp³-hybridized carbons (Fsp3) is 0.300. The number of aromatic nitrogens is 3. The average molecular weight is 364 g/mol. The smallest absolute Gasteiger partial charge is 0.167 e. The second kappa shape index (κ2) is 6.37. The third kappa shape index (κ3) is 2.85. The number of aromatic amines is 1. The van der Waals surface area contributed by atoms with Gasteiger partial charge in [-0.3, -0.25) is 10.00 Å². The lowest BCUT2D eigenvalue weighted by Crippen LogP contribution is -2.30. The van der Waals surface area contributed by atoms with Crippen molar-refractivity contribution in [1.29, 1.82) is 0 Å². The van der Waals surface area contributed by atoms with Crippen LogP contribution in [0.1, 0.15) is 33.1 Å². The maximum atomic E-state index is 5.32. The highest BCUT2D eigenvalue weighted by Crippen LogP contribution is 2.26. The first-order valence-electron chi connectivity index (χ1n) is 8.91. The standard InChI is InChI=1S/C20H20N4OS/c1-13-16-9-14(4-5-20(16)25-23-13)11-24-7-6-18-17(12-24)19(22-21-18)10-15-3-2-8-26-15/h2-5,8-9H,6-7,10-12H2,1H3,(H,21,22). The van der Waals surface area contributed by atoms with Gasteiger partial charge in [0.1, 0.15) is 0 Å². The summed E-state index contributed by atoms with van der Waals surface area (Å²) in [6.45, 7) is 4.93. The Morgan fingerprint density at radius 2 is 2.27 bits per heavy atom. The summed E-state index contributed by atoms with van der Waals surface area (Å²) < 4.78 is 5.32. The largest absolute Gasteiger partial charge is 0.356 e. The van der Waals surface area contributed by atoms with Crippen LogP contribution in [-0.2, 0) is 25.9 Å². The van der Waals surface area contributed by atoms with E-state index in [9.17, 15) is 0 Å². The zero-order valence-corrected chi connectivity index (χ0v) is 15.5. The number of hydrogen-bond acceptors (Lipinski definition) is 5. The maximum Gasteiger partial charge on any atom is 0.167 e. The number of fused-ring (bicyclic) bond motifs is 2. The normalized spacial score (nSPS) is 14.8. The van der Waals surface area contributed by atoms with E-state index in [2.05, 4.69) is 49.9 Å². The highest BCUT2D eigenvalue weighted by Gasteiger charge is 2.22. The topological polar surface area (TPSA) is 58.0 Å². The van der Waals surface area contributed by atoms with Crippen molar-refractivity contribution in [3.8, 4) is 0 Å². The SMILES string of the molecule is Cc1noc2ccc(CN3CCc4[nH]nc(Cc5cccs5)c4C3)cc12. The van der Waals surface area contributed by atoms with E-state index in [-0.39, 0.29) is 0 Å². The number of nitrogens with one attached hydrogen (secondary N) is 1. The predicted octanol–water partition coefficient (Wildman–Crippen LogP) is 4.07. The van der Waals surface area contributed by atoms with Gasteiger partial charge >= 0.3 is 0 Å². The quantitative estimate of drug-likeness (QED) is 0.593. The molecule has 1 aliphatic heterocycles. The van der Waals surface area contributed by atoms with Gasteiger partial charge in [-0.05, 0) is 36.1 Å². The minimum Gasteiger partial charge on any atom is -0.356 e. The number of aryl methyl sites for hydroxylation is 1. The van der Waals surface area contributed by atoms with Crippen LogP contribution in [0.3, 0.4) is 0 Å². The van der Waals surface area contributed by atoms with E-state index in [4.69, 9.17) is 4.52 Å². The third-order valence-corrected chi connectivity index (χ3v) is 6.02. The molecule has 0 saturated heterocycles. The van der Waals surface area contributed by atoms with Crippen LogP contribution in [0.4, 0.5) is 0 Å². The van der Waals surface area contributed by atoms with Crippen LogP contribution < -0.4 is 0 Å². The molecule has 132 valence electrons. The molecule has 0 unspecified atom stereocenters. The van der Waals surface area contributed by atoms with Crippen molar-refractivity contribution in [1.82, 2.24) is 20.3 Å². The summed E-state index contributed by atoms with van der Waals surface area (Å²) in [4.78, 5) is 3.87. The molecule has 0 amide bonds. The Morgan fingerprint density at radius 3 is 3.15 bits per heavy atom. The van der Waals surface area contributed by atoms with E-state index in [1.54, 1.807) is 11.3 Å². The van der Waals surface area contributed by atoms with Crippen molar-refractivity contribution in [2.24, 2.45) is 0 Å². The average Bonchev–Trinajstić information content (AvgIpc) is 3.38. The molecule has 0 radical (unpaired) electrons. The Bertz CT molecular complexity index is 1050. The molecular formula is C20H20N4OS. The first kappa shape index (κ1) is 15.8. The molecule has 26 heavy (non-hydrogen) atoms. The molecule has 4 heterocycles. The lowest BCUT2D eigenvalue weighted by molar-refractivity contribution is 0.244. The lowest BCUT2D eigenvalue weighted by Gasteiger charge is -2.27. The maximum absolute atomic E-state index is 5.32. The molecule has 0 atom stereocenters. The van der Waals surface area contributed by atoms with Gasteiger partial charge in [0.05, 0.1) is 11.4 Å². The second-order valence-electron chi connectivity index (χ2n) is 6.94. The predicted molar refractivity (Wildman–Crippen MR) is 102 cm³/mol. The van der Waals surface area contributed by atoms with Crippen LogP contribution in [0.5, 0.6) is 0 Å². The minimum absolute atomic E-state index is 0.861. The fourth-order valence-electron chi connectivity index (χ4n) is 3.73. The van der Waals surface area contributed by atoms with Gasteiger partial charge < -0.3 is 4.52 Å². The summed E-state index contributed by atoms with van der Waals surface area (Å²) in [5, 5.41) is 15.1. The Hall–Kier alpha value is -2.44. The van der Waals surface area contributed by atoms with Crippen molar-refractivity contribution in [2.45, 2.75) is 32.9 Å². The molecule has 5 rings (SSSR count). The fourth-order valence-corrected chi connectivity index (χ4v) is 4.44. The van der Waals surface area contributed by atoms with Crippen molar-refractivity contribution in [2.75, 3.05) is 6.54 Å². The molecule has 0 bridgehead atoms. The first-order valence-corrected chi connectivity index (χ1v) is 9.79. The Labute approximate surface area is 155 Å². The van der Waals surface area contributed by atoms with Crippen LogP contribution in [-0.4, -0.2) is 26.8 Å². The highest BCUT2D eigenvalue weighted by atomic mass is 32.1. The molecular weight excluding hydrogens is 344 g/mol. The first-order chi connectivity index (χ1) is 12.8. The van der Waals surface area contributed by atoms with E-state index in [0.717, 1.165) is 49.1 Å². The van der Waals surface area contributed by atoms with Crippen molar-refractivity contribution in [3.63, 3.8) is 0 Å². The molecule has 4 aromatic rings. The number of hydrogen-bond donors (Lipinski definition) is 1. The van der Waals surface area contributed by atoms with E-state index in [1.165, 1.54) is 27.4 Å². The van der Waals surface area contributed by atoms with Gasteiger partial charge in [0.15, 0.2) is 5.58 Å². The van der Waals surface area contributed by atoms with Crippen molar-refractivity contribution < 1.29 is 4.52 Å². The highest BCUT2D eigenvalue weighted by molar-refractivity contribution is 7.09. The molecule has 0 fully saturated rings. The molecule has 3 aromatic heterocycles. The van der Waals surface area contributed by atoms with E-state index in [0.29, 0.717) is 0 Å². The van der Waals surface area contributed by atoms with Gasteiger partial charge in [-0.2, -0.15) is 5.10 Å². The number of thiophene rings is 1. The molecule has 1 N–H and O–H groups in total. The molecule has 0 saturated carbocycles. The molecule has 5 nitrogen and oxygen atoms in total. The molecule has 0 aliphatic carbocycles. The van der Waals surface area contributed by atoms with E-state index in [1.807, 2.05) is 13.0 Å².